The molecule has 1 amide bonds. The first kappa shape index (κ1) is 19.8. The van der Waals surface area contributed by atoms with Gasteiger partial charge in [-0.05, 0) is 71.7 Å². The van der Waals surface area contributed by atoms with Gasteiger partial charge in [-0.25, -0.2) is 0 Å². The van der Waals surface area contributed by atoms with Crippen molar-refractivity contribution >= 4 is 52.0 Å². The van der Waals surface area contributed by atoms with Crippen molar-refractivity contribution < 1.29 is 9.90 Å². The molecule has 1 aliphatic heterocycles. The molecular formula is C22H20N2O2S3. The molecule has 29 heavy (non-hydrogen) atoms. The van der Waals surface area contributed by atoms with Crippen LogP contribution >= 0.6 is 34.9 Å². The van der Waals surface area contributed by atoms with Crippen molar-refractivity contribution in [1.29, 1.82) is 0 Å². The molecular weight excluding hydrogens is 420 g/mol. The molecule has 0 saturated carbocycles. The summed E-state index contributed by atoms with van der Waals surface area (Å²) in [5.74, 6) is 0.137. The number of thiophene rings is 2. The number of phenolic OH excluding ortho intramolecular Hbond substituents is 1. The van der Waals surface area contributed by atoms with Gasteiger partial charge in [0.15, 0.2) is 5.11 Å². The molecule has 0 atom stereocenters. The summed E-state index contributed by atoms with van der Waals surface area (Å²) in [6, 6.07) is 15.1. The van der Waals surface area contributed by atoms with E-state index >= 15 is 0 Å². The highest BCUT2D eigenvalue weighted by Crippen LogP contribution is 2.26. The van der Waals surface area contributed by atoms with E-state index in [9.17, 15) is 9.90 Å². The lowest BCUT2D eigenvalue weighted by Crippen LogP contribution is -2.34. The molecule has 1 saturated heterocycles. The second kappa shape index (κ2) is 8.90. The molecule has 7 heteroatoms. The van der Waals surface area contributed by atoms with E-state index in [4.69, 9.17) is 12.2 Å². The molecule has 2 aromatic heterocycles. The van der Waals surface area contributed by atoms with Crippen LogP contribution in [0.4, 0.5) is 0 Å². The summed E-state index contributed by atoms with van der Waals surface area (Å²) in [4.78, 5) is 19.4. The van der Waals surface area contributed by atoms with Crippen LogP contribution in [0.2, 0.25) is 0 Å². The number of hydrogen-bond acceptors (Lipinski definition) is 5. The Labute approximate surface area is 183 Å². The summed E-state index contributed by atoms with van der Waals surface area (Å²) in [5.41, 5.74) is 1.44. The SMILES string of the molecule is O=C1C(=Cc2ccc(O)cc2)N(CCc2cccs2)C(=S)N1CCc1cccs1. The third-order valence-electron chi connectivity index (χ3n) is 4.74. The highest BCUT2D eigenvalue weighted by molar-refractivity contribution is 7.80. The first-order valence-corrected chi connectivity index (χ1v) is 11.5. The van der Waals surface area contributed by atoms with Gasteiger partial charge in [0.05, 0.1) is 0 Å². The molecule has 0 unspecified atom stereocenters. The summed E-state index contributed by atoms with van der Waals surface area (Å²) < 4.78 is 0. The highest BCUT2D eigenvalue weighted by atomic mass is 32.1. The zero-order valence-electron chi connectivity index (χ0n) is 15.7. The van der Waals surface area contributed by atoms with Gasteiger partial charge >= 0.3 is 0 Å². The second-order valence-electron chi connectivity index (χ2n) is 6.67. The monoisotopic (exact) mass is 440 g/mol. The number of thiocarbonyl (C=S) groups is 1. The Morgan fingerprint density at radius 3 is 2.03 bits per heavy atom. The Morgan fingerprint density at radius 2 is 1.48 bits per heavy atom. The van der Waals surface area contributed by atoms with Gasteiger partial charge in [-0.1, -0.05) is 24.3 Å². The Kier molecular flexibility index (Phi) is 6.08. The summed E-state index contributed by atoms with van der Waals surface area (Å²) in [7, 11) is 0. The summed E-state index contributed by atoms with van der Waals surface area (Å²) in [5, 5.41) is 14.2. The molecule has 1 N–H and O–H groups in total. The van der Waals surface area contributed by atoms with Crippen LogP contribution < -0.4 is 0 Å². The lowest BCUT2D eigenvalue weighted by molar-refractivity contribution is -0.122. The minimum absolute atomic E-state index is 0.0641. The zero-order chi connectivity index (χ0) is 20.2. The van der Waals surface area contributed by atoms with Crippen LogP contribution in [-0.2, 0) is 17.6 Å². The molecule has 1 aromatic carbocycles. The van der Waals surface area contributed by atoms with Crippen LogP contribution in [0, 0.1) is 0 Å². The number of phenols is 1. The first-order valence-electron chi connectivity index (χ1n) is 9.30. The maximum atomic E-state index is 13.2. The van der Waals surface area contributed by atoms with Crippen molar-refractivity contribution in [2.75, 3.05) is 13.1 Å². The van der Waals surface area contributed by atoms with Crippen molar-refractivity contribution in [2.24, 2.45) is 0 Å². The average molecular weight is 441 g/mol. The summed E-state index contributed by atoms with van der Waals surface area (Å²) >= 11 is 9.10. The van der Waals surface area contributed by atoms with Crippen molar-refractivity contribution in [1.82, 2.24) is 9.80 Å². The number of hydrogen-bond donors (Lipinski definition) is 1. The zero-order valence-corrected chi connectivity index (χ0v) is 18.1. The Hall–Kier alpha value is -2.48. The van der Waals surface area contributed by atoms with Gasteiger partial charge in [0.25, 0.3) is 5.91 Å². The number of carbonyl (C=O) groups is 1. The lowest BCUT2D eigenvalue weighted by Gasteiger charge is -2.20. The topological polar surface area (TPSA) is 43.8 Å². The van der Waals surface area contributed by atoms with Crippen LogP contribution in [0.15, 0.2) is 65.0 Å². The van der Waals surface area contributed by atoms with Crippen molar-refractivity contribution in [3.8, 4) is 5.75 Å². The number of aromatic hydroxyl groups is 1. The van der Waals surface area contributed by atoms with E-state index in [2.05, 4.69) is 17.5 Å². The van der Waals surface area contributed by atoms with Crippen LogP contribution in [0.3, 0.4) is 0 Å². The van der Waals surface area contributed by atoms with Gasteiger partial charge in [0.2, 0.25) is 0 Å². The molecule has 0 aliphatic carbocycles. The maximum Gasteiger partial charge on any atom is 0.276 e. The third kappa shape index (κ3) is 4.58. The summed E-state index contributed by atoms with van der Waals surface area (Å²) in [6.45, 7) is 1.23. The molecule has 4 rings (SSSR count). The Morgan fingerprint density at radius 1 is 0.897 bits per heavy atom. The van der Waals surface area contributed by atoms with Crippen molar-refractivity contribution in [3.63, 3.8) is 0 Å². The normalized spacial score (nSPS) is 15.7. The number of amides is 1. The predicted octanol–water partition coefficient (Wildman–Crippen LogP) is 4.77. The number of carbonyl (C=O) groups excluding carboxylic acids is 1. The van der Waals surface area contributed by atoms with Gasteiger partial charge in [0.1, 0.15) is 11.4 Å². The molecule has 3 aromatic rings. The molecule has 1 fully saturated rings. The fourth-order valence-corrected chi connectivity index (χ4v) is 4.98. The van der Waals surface area contributed by atoms with E-state index in [1.165, 1.54) is 9.75 Å². The molecule has 0 radical (unpaired) electrons. The number of nitrogens with zero attached hydrogens (tertiary/aromatic N) is 2. The van der Waals surface area contributed by atoms with Gasteiger partial charge < -0.3 is 10.0 Å². The van der Waals surface area contributed by atoms with Gasteiger partial charge in [-0.2, -0.15) is 0 Å². The molecule has 0 bridgehead atoms. The quantitative estimate of drug-likeness (QED) is 0.425. The molecule has 4 nitrogen and oxygen atoms in total. The third-order valence-corrected chi connectivity index (χ3v) is 7.05. The molecule has 0 spiro atoms. The minimum atomic E-state index is -0.0641. The van der Waals surface area contributed by atoms with Gasteiger partial charge in [-0.15, -0.1) is 22.7 Å². The van der Waals surface area contributed by atoms with Gasteiger partial charge in [0, 0.05) is 22.8 Å². The second-order valence-corrected chi connectivity index (χ2v) is 9.10. The molecule has 1 aliphatic rings. The van der Waals surface area contributed by atoms with Crippen molar-refractivity contribution in [2.45, 2.75) is 12.8 Å². The van der Waals surface area contributed by atoms with Crippen LogP contribution in [-0.4, -0.2) is 39.0 Å². The fraction of sp³-hybridized carbons (Fsp3) is 0.182. The standard InChI is InChI=1S/C22H20N2O2S3/c25-17-7-5-16(6-8-17)15-20-21(26)24(12-10-19-4-2-14-29-19)22(27)23(20)11-9-18-3-1-13-28-18/h1-8,13-15,25H,9-12H2. The van der Waals surface area contributed by atoms with Crippen LogP contribution in [0.5, 0.6) is 5.75 Å². The fourth-order valence-electron chi connectivity index (χ4n) is 3.22. The smallest absolute Gasteiger partial charge is 0.276 e. The molecule has 148 valence electrons. The Balaban J connectivity index is 1.58. The number of benzene rings is 1. The van der Waals surface area contributed by atoms with E-state index in [0.717, 1.165) is 18.4 Å². The lowest BCUT2D eigenvalue weighted by atomic mass is 10.1. The predicted molar refractivity (Wildman–Crippen MR) is 123 cm³/mol. The Bertz CT molecular complexity index is 1010. The summed E-state index contributed by atoms with van der Waals surface area (Å²) in [6.07, 6.45) is 3.47. The van der Waals surface area contributed by atoms with E-state index < -0.39 is 0 Å². The van der Waals surface area contributed by atoms with E-state index in [0.29, 0.717) is 23.9 Å². The van der Waals surface area contributed by atoms with Gasteiger partial charge in [-0.3, -0.25) is 9.69 Å². The van der Waals surface area contributed by atoms with Crippen LogP contribution in [0.1, 0.15) is 15.3 Å². The average Bonchev–Trinajstić information content (AvgIpc) is 3.45. The van der Waals surface area contributed by atoms with E-state index in [-0.39, 0.29) is 11.7 Å². The van der Waals surface area contributed by atoms with E-state index in [1.54, 1.807) is 51.8 Å². The minimum Gasteiger partial charge on any atom is -0.508 e. The van der Waals surface area contributed by atoms with Crippen LogP contribution in [0.25, 0.3) is 6.08 Å². The van der Waals surface area contributed by atoms with E-state index in [1.807, 2.05) is 28.5 Å². The van der Waals surface area contributed by atoms with Crippen molar-refractivity contribution in [3.05, 3.63) is 80.3 Å². The largest absolute Gasteiger partial charge is 0.508 e. The maximum absolute atomic E-state index is 13.2. The molecule has 3 heterocycles. The highest BCUT2D eigenvalue weighted by Gasteiger charge is 2.37. The first-order chi connectivity index (χ1) is 14.1. The number of rotatable bonds is 7.